The summed E-state index contributed by atoms with van der Waals surface area (Å²) >= 11 is 0. The highest BCUT2D eigenvalue weighted by molar-refractivity contribution is 5.75. The maximum Gasteiger partial charge on any atom is 0.347 e. The van der Waals surface area contributed by atoms with Crippen molar-refractivity contribution in [2.75, 3.05) is 6.61 Å². The van der Waals surface area contributed by atoms with Gasteiger partial charge < -0.3 is 14.6 Å². The molecule has 0 aliphatic heterocycles. The number of para-hydroxylation sites is 2. The van der Waals surface area contributed by atoms with E-state index in [-0.39, 0.29) is 5.97 Å². The van der Waals surface area contributed by atoms with Crippen LogP contribution < -0.4 is 4.74 Å². The van der Waals surface area contributed by atoms with Crippen LogP contribution in [0.2, 0.25) is 0 Å². The molecule has 4 nitrogen and oxygen atoms in total. The Morgan fingerprint density at radius 1 is 1.00 bits per heavy atom. The molecular formula is C20H26O4. The maximum absolute atomic E-state index is 11.7. The van der Waals surface area contributed by atoms with Crippen LogP contribution in [0.15, 0.2) is 60.7 Å². The monoisotopic (exact) mass is 330 g/mol. The number of benzene rings is 2. The first-order valence-electron chi connectivity index (χ1n) is 8.29. The van der Waals surface area contributed by atoms with Gasteiger partial charge in [-0.15, -0.1) is 0 Å². The Morgan fingerprint density at radius 2 is 1.58 bits per heavy atom. The summed E-state index contributed by atoms with van der Waals surface area (Å²) in [5, 5.41) is 8.63. The molecule has 1 unspecified atom stereocenters. The van der Waals surface area contributed by atoms with Crippen molar-refractivity contribution >= 4 is 5.97 Å². The van der Waals surface area contributed by atoms with Crippen LogP contribution in [0.3, 0.4) is 0 Å². The third-order valence-electron chi connectivity index (χ3n) is 3.15. The second-order valence-electron chi connectivity index (χ2n) is 5.15. The maximum atomic E-state index is 11.7. The summed E-state index contributed by atoms with van der Waals surface area (Å²) in [6.45, 7) is 4.28. The van der Waals surface area contributed by atoms with E-state index in [4.69, 9.17) is 14.6 Å². The Hall–Kier alpha value is -2.49. The Balaban J connectivity index is 0.000000341. The van der Waals surface area contributed by atoms with Gasteiger partial charge in [-0.3, -0.25) is 0 Å². The molecule has 0 saturated heterocycles. The second kappa shape index (κ2) is 12.0. The van der Waals surface area contributed by atoms with Crippen LogP contribution in [0.5, 0.6) is 11.5 Å². The summed E-state index contributed by atoms with van der Waals surface area (Å²) in [5.41, 5.74) is 0. The van der Waals surface area contributed by atoms with Gasteiger partial charge in [0, 0.05) is 0 Å². The fraction of sp³-hybridized carbons (Fsp3) is 0.350. The Labute approximate surface area is 144 Å². The van der Waals surface area contributed by atoms with Crippen molar-refractivity contribution in [3.63, 3.8) is 0 Å². The number of phenolic OH excluding ortho intramolecular Hbond substituents is 1. The SMILES string of the molecule is CCCCC(Oc1ccccc1)C(=O)OCC.Oc1ccccc1. The minimum absolute atomic E-state index is 0.273. The summed E-state index contributed by atoms with van der Waals surface area (Å²) in [4.78, 5) is 11.7. The van der Waals surface area contributed by atoms with Crippen LogP contribution in [0.1, 0.15) is 33.1 Å². The minimum atomic E-state index is -0.489. The van der Waals surface area contributed by atoms with Gasteiger partial charge in [0.1, 0.15) is 11.5 Å². The molecule has 2 aromatic carbocycles. The van der Waals surface area contributed by atoms with Gasteiger partial charge in [0.2, 0.25) is 0 Å². The lowest BCUT2D eigenvalue weighted by molar-refractivity contribution is -0.151. The normalized spacial score (nSPS) is 10.9. The molecule has 0 fully saturated rings. The zero-order chi connectivity index (χ0) is 17.6. The molecule has 0 spiro atoms. The fourth-order valence-corrected chi connectivity index (χ4v) is 1.94. The van der Waals surface area contributed by atoms with Gasteiger partial charge >= 0.3 is 5.97 Å². The van der Waals surface area contributed by atoms with Crippen molar-refractivity contribution in [1.29, 1.82) is 0 Å². The van der Waals surface area contributed by atoms with Crippen LogP contribution in [-0.2, 0) is 9.53 Å². The lowest BCUT2D eigenvalue weighted by Gasteiger charge is -2.17. The lowest BCUT2D eigenvalue weighted by atomic mass is 10.1. The first kappa shape index (κ1) is 19.6. The molecule has 1 atom stereocenters. The van der Waals surface area contributed by atoms with Gasteiger partial charge in [-0.05, 0) is 44.0 Å². The lowest BCUT2D eigenvalue weighted by Crippen LogP contribution is -2.29. The van der Waals surface area contributed by atoms with E-state index in [9.17, 15) is 4.79 Å². The van der Waals surface area contributed by atoms with E-state index in [0.717, 1.165) is 12.8 Å². The molecule has 1 N–H and O–H groups in total. The summed E-state index contributed by atoms with van der Waals surface area (Å²) in [5.74, 6) is 0.758. The van der Waals surface area contributed by atoms with Crippen molar-refractivity contribution in [1.82, 2.24) is 0 Å². The second-order valence-corrected chi connectivity index (χ2v) is 5.15. The molecule has 2 aromatic rings. The van der Waals surface area contributed by atoms with E-state index in [2.05, 4.69) is 6.92 Å². The Kier molecular flexibility index (Phi) is 9.78. The molecular weight excluding hydrogens is 304 g/mol. The molecule has 0 aliphatic carbocycles. The number of ether oxygens (including phenoxy) is 2. The number of unbranched alkanes of at least 4 members (excludes halogenated alkanes) is 1. The molecule has 0 aliphatic rings. The van der Waals surface area contributed by atoms with E-state index < -0.39 is 6.10 Å². The largest absolute Gasteiger partial charge is 0.508 e. The summed E-state index contributed by atoms with van der Waals surface area (Å²) in [6.07, 6.45) is 2.20. The van der Waals surface area contributed by atoms with Crippen LogP contribution in [-0.4, -0.2) is 23.8 Å². The number of aromatic hydroxyl groups is 1. The van der Waals surface area contributed by atoms with E-state index in [1.54, 1.807) is 31.2 Å². The number of hydrogen-bond donors (Lipinski definition) is 1. The zero-order valence-electron chi connectivity index (χ0n) is 14.4. The van der Waals surface area contributed by atoms with Crippen molar-refractivity contribution in [3.05, 3.63) is 60.7 Å². The van der Waals surface area contributed by atoms with Gasteiger partial charge in [-0.2, -0.15) is 0 Å². The molecule has 0 bridgehead atoms. The number of carbonyl (C=O) groups is 1. The molecule has 4 heteroatoms. The Morgan fingerprint density at radius 3 is 2.04 bits per heavy atom. The van der Waals surface area contributed by atoms with Crippen molar-refractivity contribution in [3.8, 4) is 11.5 Å². The van der Waals surface area contributed by atoms with Crippen LogP contribution in [0, 0.1) is 0 Å². The highest BCUT2D eigenvalue weighted by Crippen LogP contribution is 2.15. The molecule has 0 heterocycles. The number of carbonyl (C=O) groups excluding carboxylic acids is 1. The molecule has 130 valence electrons. The minimum Gasteiger partial charge on any atom is -0.508 e. The van der Waals surface area contributed by atoms with Crippen LogP contribution in [0.25, 0.3) is 0 Å². The number of phenols is 1. The summed E-state index contributed by atoms with van der Waals surface area (Å²) in [7, 11) is 0. The van der Waals surface area contributed by atoms with E-state index in [1.807, 2.05) is 36.4 Å². The summed E-state index contributed by atoms with van der Waals surface area (Å²) in [6, 6.07) is 18.1. The predicted octanol–water partition coefficient (Wildman–Crippen LogP) is 4.58. The first-order chi connectivity index (χ1) is 11.7. The molecule has 0 amide bonds. The van der Waals surface area contributed by atoms with E-state index in [0.29, 0.717) is 24.5 Å². The van der Waals surface area contributed by atoms with Crippen LogP contribution >= 0.6 is 0 Å². The first-order valence-corrected chi connectivity index (χ1v) is 8.29. The van der Waals surface area contributed by atoms with Gasteiger partial charge in [-0.1, -0.05) is 49.7 Å². The van der Waals surface area contributed by atoms with Gasteiger partial charge in [0.15, 0.2) is 6.10 Å². The molecule has 2 rings (SSSR count). The number of esters is 1. The average molecular weight is 330 g/mol. The van der Waals surface area contributed by atoms with Crippen LogP contribution in [0.4, 0.5) is 0 Å². The zero-order valence-corrected chi connectivity index (χ0v) is 14.4. The number of rotatable bonds is 7. The highest BCUT2D eigenvalue weighted by Gasteiger charge is 2.20. The predicted molar refractivity (Wildman–Crippen MR) is 95.1 cm³/mol. The van der Waals surface area contributed by atoms with Crippen molar-refractivity contribution in [2.45, 2.75) is 39.2 Å². The molecule has 0 saturated carbocycles. The quantitative estimate of drug-likeness (QED) is 0.755. The summed E-state index contributed by atoms with van der Waals surface area (Å²) < 4.78 is 10.7. The molecule has 0 aromatic heterocycles. The highest BCUT2D eigenvalue weighted by atomic mass is 16.6. The third-order valence-corrected chi connectivity index (χ3v) is 3.15. The van der Waals surface area contributed by atoms with Gasteiger partial charge in [0.25, 0.3) is 0 Å². The fourth-order valence-electron chi connectivity index (χ4n) is 1.94. The van der Waals surface area contributed by atoms with Gasteiger partial charge in [0.05, 0.1) is 6.61 Å². The van der Waals surface area contributed by atoms with E-state index in [1.165, 1.54) is 0 Å². The third kappa shape index (κ3) is 8.22. The Bertz CT molecular complexity index is 554. The topological polar surface area (TPSA) is 55.8 Å². The molecule has 24 heavy (non-hydrogen) atoms. The van der Waals surface area contributed by atoms with Gasteiger partial charge in [-0.25, -0.2) is 4.79 Å². The van der Waals surface area contributed by atoms with Crippen molar-refractivity contribution in [2.24, 2.45) is 0 Å². The average Bonchev–Trinajstić information content (AvgIpc) is 2.61. The smallest absolute Gasteiger partial charge is 0.347 e. The van der Waals surface area contributed by atoms with E-state index >= 15 is 0 Å². The standard InChI is InChI=1S/C14H20O3.C6H6O/c1-3-5-11-13(14(15)16-4-2)17-12-9-7-6-8-10-12;7-6-4-2-1-3-5-6/h6-10,13H,3-5,11H2,1-2H3;1-5,7H. The molecule has 0 radical (unpaired) electrons. The number of hydrogen-bond acceptors (Lipinski definition) is 4. The van der Waals surface area contributed by atoms with Crippen molar-refractivity contribution < 1.29 is 19.4 Å².